The second-order valence-electron chi connectivity index (χ2n) is 5.01. The fourth-order valence-corrected chi connectivity index (χ4v) is 2.10. The molecule has 106 valence electrons. The van der Waals surface area contributed by atoms with Gasteiger partial charge in [0.1, 0.15) is 5.76 Å². The third-order valence-electron chi connectivity index (χ3n) is 3.07. The Hall–Kier alpha value is -1.74. The molecule has 1 aromatic carbocycles. The van der Waals surface area contributed by atoms with E-state index in [2.05, 4.69) is 19.2 Å². The van der Waals surface area contributed by atoms with Crippen LogP contribution >= 0.6 is 11.6 Å². The van der Waals surface area contributed by atoms with Crippen LogP contribution in [0.25, 0.3) is 0 Å². The molecule has 1 heterocycles. The van der Waals surface area contributed by atoms with E-state index >= 15 is 0 Å². The first-order valence-electron chi connectivity index (χ1n) is 6.63. The molecule has 2 rings (SSSR count). The summed E-state index contributed by atoms with van der Waals surface area (Å²) in [7, 11) is 0. The van der Waals surface area contributed by atoms with Gasteiger partial charge in [-0.05, 0) is 36.6 Å². The van der Waals surface area contributed by atoms with Crippen molar-refractivity contribution in [3.8, 4) is 0 Å². The molecule has 1 N–H and O–H groups in total. The lowest BCUT2D eigenvalue weighted by Crippen LogP contribution is -2.12. The van der Waals surface area contributed by atoms with Crippen molar-refractivity contribution in [1.29, 1.82) is 0 Å². The quantitative estimate of drug-likeness (QED) is 0.809. The number of hydrogen-bond donors (Lipinski definition) is 1. The molecule has 0 bridgehead atoms. The first kappa shape index (κ1) is 14.7. The molecule has 1 atom stereocenters. The zero-order chi connectivity index (χ0) is 14.7. The molecule has 0 aliphatic heterocycles. The van der Waals surface area contributed by atoms with Crippen LogP contribution in [0.15, 0.2) is 40.8 Å². The van der Waals surface area contributed by atoms with E-state index in [0.717, 1.165) is 11.3 Å². The maximum absolute atomic E-state index is 12.2. The highest BCUT2D eigenvalue weighted by Crippen LogP contribution is 2.25. The maximum atomic E-state index is 12.2. The minimum atomic E-state index is -0.262. The molecule has 0 aliphatic carbocycles. The number of carbonyl (C=O) groups excluding carboxylic acids is 1. The van der Waals surface area contributed by atoms with Gasteiger partial charge in [-0.2, -0.15) is 0 Å². The first-order valence-corrected chi connectivity index (χ1v) is 7.06. The number of halogens is 1. The molecule has 1 amide bonds. The van der Waals surface area contributed by atoms with Crippen molar-refractivity contribution in [2.75, 3.05) is 5.32 Å². The van der Waals surface area contributed by atoms with E-state index in [-0.39, 0.29) is 17.0 Å². The van der Waals surface area contributed by atoms with Gasteiger partial charge in [-0.1, -0.05) is 32.0 Å². The molecule has 0 saturated heterocycles. The highest BCUT2D eigenvalue weighted by Gasteiger charge is 2.15. The first-order chi connectivity index (χ1) is 9.49. The van der Waals surface area contributed by atoms with E-state index in [0.29, 0.717) is 11.7 Å². The number of nitrogens with one attached hydrogen (secondary N) is 1. The Balaban J connectivity index is 2.19. The average molecular weight is 292 g/mol. The third-order valence-corrected chi connectivity index (χ3v) is 3.29. The Morgan fingerprint density at radius 3 is 2.45 bits per heavy atom. The number of carbonyl (C=O) groups is 1. The van der Waals surface area contributed by atoms with Gasteiger partial charge in [0, 0.05) is 5.69 Å². The third kappa shape index (κ3) is 3.23. The molecule has 20 heavy (non-hydrogen) atoms. The zero-order valence-electron chi connectivity index (χ0n) is 11.8. The summed E-state index contributed by atoms with van der Waals surface area (Å²) < 4.78 is 5.44. The lowest BCUT2D eigenvalue weighted by Gasteiger charge is -2.12. The molecule has 0 aliphatic rings. The van der Waals surface area contributed by atoms with E-state index in [1.807, 2.05) is 24.3 Å². The van der Waals surface area contributed by atoms with Gasteiger partial charge in [0.2, 0.25) is 0 Å². The van der Waals surface area contributed by atoms with Gasteiger partial charge < -0.3 is 9.73 Å². The van der Waals surface area contributed by atoms with Crippen molar-refractivity contribution >= 4 is 23.2 Å². The van der Waals surface area contributed by atoms with Crippen LogP contribution in [-0.4, -0.2) is 5.91 Å². The lowest BCUT2D eigenvalue weighted by atomic mass is 10.0. The van der Waals surface area contributed by atoms with Gasteiger partial charge in [0.25, 0.3) is 5.91 Å². The molecular formula is C16H18ClNO2. The molecule has 0 saturated carbocycles. The minimum Gasteiger partial charge on any atom is -0.454 e. The van der Waals surface area contributed by atoms with Crippen LogP contribution in [-0.2, 0) is 0 Å². The Morgan fingerprint density at radius 1 is 1.15 bits per heavy atom. The van der Waals surface area contributed by atoms with Gasteiger partial charge in [-0.15, -0.1) is 11.6 Å². The van der Waals surface area contributed by atoms with E-state index < -0.39 is 0 Å². The normalized spacial score (nSPS) is 12.4. The van der Waals surface area contributed by atoms with Gasteiger partial charge in [0.15, 0.2) is 5.76 Å². The molecule has 4 heteroatoms. The molecule has 2 aromatic rings. The number of furan rings is 1. The van der Waals surface area contributed by atoms with Crippen LogP contribution in [0, 0.1) is 0 Å². The number of anilines is 1. The average Bonchev–Trinajstić information content (AvgIpc) is 2.89. The van der Waals surface area contributed by atoms with Crippen LogP contribution in [0.5, 0.6) is 0 Å². The summed E-state index contributed by atoms with van der Waals surface area (Å²) in [6, 6.07) is 11.1. The van der Waals surface area contributed by atoms with Crippen molar-refractivity contribution in [3.63, 3.8) is 0 Å². The monoisotopic (exact) mass is 291 g/mol. The largest absolute Gasteiger partial charge is 0.454 e. The van der Waals surface area contributed by atoms with E-state index in [1.165, 1.54) is 0 Å². The summed E-state index contributed by atoms with van der Waals surface area (Å²) in [6.07, 6.45) is 0. The van der Waals surface area contributed by atoms with E-state index in [9.17, 15) is 4.79 Å². The molecule has 1 aromatic heterocycles. The summed E-state index contributed by atoms with van der Waals surface area (Å²) in [4.78, 5) is 12.2. The summed E-state index contributed by atoms with van der Waals surface area (Å²) in [5.74, 6) is 0.934. The van der Waals surface area contributed by atoms with Crippen LogP contribution < -0.4 is 5.32 Å². The fourth-order valence-electron chi connectivity index (χ4n) is 1.99. The van der Waals surface area contributed by atoms with Gasteiger partial charge in [-0.3, -0.25) is 4.79 Å². The smallest absolute Gasteiger partial charge is 0.291 e. The van der Waals surface area contributed by atoms with Crippen molar-refractivity contribution in [3.05, 3.63) is 53.5 Å². The number of benzene rings is 1. The molecule has 0 radical (unpaired) electrons. The SMILES string of the molecule is CC(C)c1ccccc1NC(=O)c1ccc(C(C)Cl)o1. The second-order valence-corrected chi connectivity index (χ2v) is 5.67. The summed E-state index contributed by atoms with van der Waals surface area (Å²) >= 11 is 5.92. The highest BCUT2D eigenvalue weighted by molar-refractivity contribution is 6.20. The second kappa shape index (κ2) is 6.14. The van der Waals surface area contributed by atoms with E-state index in [1.54, 1.807) is 19.1 Å². The van der Waals surface area contributed by atoms with Gasteiger partial charge in [0.05, 0.1) is 5.38 Å². The van der Waals surface area contributed by atoms with Crippen LogP contribution in [0.3, 0.4) is 0 Å². The highest BCUT2D eigenvalue weighted by atomic mass is 35.5. The Labute approximate surface area is 123 Å². The van der Waals surface area contributed by atoms with Crippen LogP contribution in [0.2, 0.25) is 0 Å². The van der Waals surface area contributed by atoms with Crippen LogP contribution in [0.1, 0.15) is 53.9 Å². The molecule has 1 unspecified atom stereocenters. The molecule has 0 spiro atoms. The van der Waals surface area contributed by atoms with Crippen molar-refractivity contribution < 1.29 is 9.21 Å². The number of para-hydroxylation sites is 1. The summed E-state index contributed by atoms with van der Waals surface area (Å²) in [6.45, 7) is 5.98. The number of alkyl halides is 1. The van der Waals surface area contributed by atoms with E-state index in [4.69, 9.17) is 16.0 Å². The predicted molar refractivity (Wildman–Crippen MR) is 81.5 cm³/mol. The zero-order valence-corrected chi connectivity index (χ0v) is 12.6. The lowest BCUT2D eigenvalue weighted by molar-refractivity contribution is 0.0995. The van der Waals surface area contributed by atoms with Crippen LogP contribution in [0.4, 0.5) is 5.69 Å². The fraction of sp³-hybridized carbons (Fsp3) is 0.312. The number of hydrogen-bond acceptors (Lipinski definition) is 2. The minimum absolute atomic E-state index is 0.250. The van der Waals surface area contributed by atoms with Crippen molar-refractivity contribution in [2.45, 2.75) is 32.1 Å². The molecule has 0 fully saturated rings. The predicted octanol–water partition coefficient (Wildman–Crippen LogP) is 4.96. The maximum Gasteiger partial charge on any atom is 0.291 e. The molecule has 3 nitrogen and oxygen atoms in total. The van der Waals surface area contributed by atoms with Gasteiger partial charge in [-0.25, -0.2) is 0 Å². The Morgan fingerprint density at radius 2 is 1.85 bits per heavy atom. The summed E-state index contributed by atoms with van der Waals surface area (Å²) in [5.41, 5.74) is 1.91. The van der Waals surface area contributed by atoms with Crippen molar-refractivity contribution in [1.82, 2.24) is 0 Å². The molecular weight excluding hydrogens is 274 g/mol. The summed E-state index contributed by atoms with van der Waals surface area (Å²) in [5, 5.41) is 2.63. The Bertz CT molecular complexity index is 602. The number of rotatable bonds is 4. The standard InChI is InChI=1S/C16H18ClNO2/c1-10(2)12-6-4-5-7-13(12)18-16(19)15-9-8-14(20-15)11(3)17/h4-11H,1-3H3,(H,18,19). The number of amides is 1. The topological polar surface area (TPSA) is 42.2 Å². The Kier molecular flexibility index (Phi) is 4.50. The van der Waals surface area contributed by atoms with Gasteiger partial charge >= 0.3 is 0 Å². The van der Waals surface area contributed by atoms with Crippen molar-refractivity contribution in [2.24, 2.45) is 0 Å².